The second kappa shape index (κ2) is 10.5. The van der Waals surface area contributed by atoms with Crippen LogP contribution < -0.4 is 15.4 Å². The highest BCUT2D eigenvalue weighted by Gasteiger charge is 2.25. The van der Waals surface area contributed by atoms with Gasteiger partial charge >= 0.3 is 0 Å². The van der Waals surface area contributed by atoms with Gasteiger partial charge in [-0.15, -0.1) is 0 Å². The van der Waals surface area contributed by atoms with Gasteiger partial charge in [-0.3, -0.25) is 14.5 Å². The molecule has 3 rings (SSSR count). The van der Waals surface area contributed by atoms with E-state index in [1.807, 2.05) is 49.4 Å². The number of hydrogen-bond donors (Lipinski definition) is 2. The number of carbonyl (C=O) groups is 2. The Morgan fingerprint density at radius 2 is 1.87 bits per heavy atom. The maximum Gasteiger partial charge on any atom is 0.260 e. The summed E-state index contributed by atoms with van der Waals surface area (Å²) >= 11 is 6.15. The van der Waals surface area contributed by atoms with E-state index in [4.69, 9.17) is 16.3 Å². The van der Waals surface area contributed by atoms with Gasteiger partial charge in [-0.1, -0.05) is 35.9 Å². The summed E-state index contributed by atoms with van der Waals surface area (Å²) in [6, 6.07) is 15.0. The van der Waals surface area contributed by atoms with Gasteiger partial charge in [-0.05, 0) is 56.5 Å². The molecule has 1 atom stereocenters. The lowest BCUT2D eigenvalue weighted by atomic mass is 10.0. The van der Waals surface area contributed by atoms with E-state index < -0.39 is 6.10 Å². The van der Waals surface area contributed by atoms with E-state index in [2.05, 4.69) is 15.5 Å². The second-order valence-electron chi connectivity index (χ2n) is 7.67. The highest BCUT2D eigenvalue weighted by Crippen LogP contribution is 2.26. The van der Waals surface area contributed by atoms with Crippen LogP contribution in [-0.2, 0) is 9.59 Å². The summed E-state index contributed by atoms with van der Waals surface area (Å²) in [4.78, 5) is 26.8. The summed E-state index contributed by atoms with van der Waals surface area (Å²) in [7, 11) is 0. The number of anilines is 1. The molecule has 160 valence electrons. The van der Waals surface area contributed by atoms with Crippen molar-refractivity contribution in [1.29, 1.82) is 0 Å². The molecule has 0 bridgehead atoms. The van der Waals surface area contributed by atoms with Gasteiger partial charge in [0.1, 0.15) is 5.75 Å². The Labute approximate surface area is 182 Å². The number of rotatable bonds is 7. The standard InChI is InChI=1S/C23H28ClN3O3/c1-16-8-9-20(24)21(14-16)30-17(2)23(29)26-19-10-12-27(13-11-19)15-22(28)25-18-6-4-3-5-7-18/h3-9,14,17,19H,10-13,15H2,1-2H3,(H,25,28)(H,26,29). The van der Waals surface area contributed by atoms with Crippen molar-refractivity contribution in [2.24, 2.45) is 0 Å². The molecule has 2 aromatic rings. The number of nitrogens with zero attached hydrogens (tertiary/aromatic N) is 1. The van der Waals surface area contributed by atoms with Crippen LogP contribution in [0.4, 0.5) is 5.69 Å². The molecule has 7 heteroatoms. The van der Waals surface area contributed by atoms with E-state index in [9.17, 15) is 9.59 Å². The zero-order valence-electron chi connectivity index (χ0n) is 17.4. The van der Waals surface area contributed by atoms with E-state index >= 15 is 0 Å². The molecule has 1 saturated heterocycles. The van der Waals surface area contributed by atoms with Crippen molar-refractivity contribution >= 4 is 29.1 Å². The maximum atomic E-state index is 12.5. The average Bonchev–Trinajstić information content (AvgIpc) is 2.72. The first-order valence-electron chi connectivity index (χ1n) is 10.2. The Balaban J connectivity index is 1.41. The van der Waals surface area contributed by atoms with Crippen molar-refractivity contribution in [2.45, 2.75) is 38.8 Å². The largest absolute Gasteiger partial charge is 0.479 e. The molecule has 1 aliphatic rings. The first-order valence-corrected chi connectivity index (χ1v) is 10.6. The molecule has 1 aliphatic heterocycles. The van der Waals surface area contributed by atoms with Crippen LogP contribution in [0.15, 0.2) is 48.5 Å². The van der Waals surface area contributed by atoms with Gasteiger partial charge in [0.05, 0.1) is 11.6 Å². The zero-order chi connectivity index (χ0) is 21.5. The minimum atomic E-state index is -0.640. The van der Waals surface area contributed by atoms with Crippen molar-refractivity contribution in [3.8, 4) is 5.75 Å². The highest BCUT2D eigenvalue weighted by molar-refractivity contribution is 6.32. The fraction of sp³-hybridized carbons (Fsp3) is 0.391. The molecule has 1 unspecified atom stereocenters. The lowest BCUT2D eigenvalue weighted by Crippen LogP contribution is -2.49. The number of piperidine rings is 1. The van der Waals surface area contributed by atoms with Gasteiger partial charge in [-0.2, -0.15) is 0 Å². The number of likely N-dealkylation sites (tertiary alicyclic amines) is 1. The Bertz CT molecular complexity index is 867. The minimum Gasteiger partial charge on any atom is -0.479 e. The smallest absolute Gasteiger partial charge is 0.260 e. The Hall–Kier alpha value is -2.57. The van der Waals surface area contributed by atoms with E-state index in [-0.39, 0.29) is 17.9 Å². The van der Waals surface area contributed by atoms with E-state index in [1.54, 1.807) is 13.0 Å². The number of carbonyl (C=O) groups excluding carboxylic acids is 2. The third-order valence-corrected chi connectivity index (χ3v) is 5.43. The minimum absolute atomic E-state index is 0.0271. The SMILES string of the molecule is Cc1ccc(Cl)c(OC(C)C(=O)NC2CCN(CC(=O)Nc3ccccc3)CC2)c1. The summed E-state index contributed by atoms with van der Waals surface area (Å²) < 4.78 is 5.75. The van der Waals surface area contributed by atoms with Crippen molar-refractivity contribution < 1.29 is 14.3 Å². The molecule has 2 aromatic carbocycles. The Morgan fingerprint density at radius 1 is 1.17 bits per heavy atom. The van der Waals surface area contributed by atoms with Crippen LogP contribution in [0, 0.1) is 6.92 Å². The van der Waals surface area contributed by atoms with Crippen LogP contribution in [0.3, 0.4) is 0 Å². The molecular weight excluding hydrogens is 402 g/mol. The fourth-order valence-corrected chi connectivity index (χ4v) is 3.59. The highest BCUT2D eigenvalue weighted by atomic mass is 35.5. The molecule has 0 radical (unpaired) electrons. The first kappa shape index (κ1) is 22.1. The van der Waals surface area contributed by atoms with Gasteiger partial charge in [0.15, 0.2) is 6.10 Å². The summed E-state index contributed by atoms with van der Waals surface area (Å²) in [6.07, 6.45) is 0.948. The quantitative estimate of drug-likeness (QED) is 0.705. The lowest BCUT2D eigenvalue weighted by molar-refractivity contribution is -0.128. The van der Waals surface area contributed by atoms with E-state index in [0.29, 0.717) is 17.3 Å². The van der Waals surface area contributed by atoms with E-state index in [1.165, 1.54) is 0 Å². The first-order chi connectivity index (χ1) is 14.4. The number of benzene rings is 2. The summed E-state index contributed by atoms with van der Waals surface area (Å²) in [6.45, 7) is 5.53. The topological polar surface area (TPSA) is 70.7 Å². The van der Waals surface area contributed by atoms with Crippen molar-refractivity contribution in [1.82, 2.24) is 10.2 Å². The Morgan fingerprint density at radius 3 is 2.57 bits per heavy atom. The molecule has 2 amide bonds. The maximum absolute atomic E-state index is 12.5. The lowest BCUT2D eigenvalue weighted by Gasteiger charge is -2.32. The van der Waals surface area contributed by atoms with Crippen molar-refractivity contribution in [2.75, 3.05) is 25.0 Å². The third-order valence-electron chi connectivity index (χ3n) is 5.12. The molecule has 0 aromatic heterocycles. The normalized spacial score (nSPS) is 16.0. The number of ether oxygens (including phenoxy) is 1. The molecule has 0 saturated carbocycles. The van der Waals surface area contributed by atoms with Crippen molar-refractivity contribution in [3.05, 3.63) is 59.1 Å². The molecule has 1 heterocycles. The van der Waals surface area contributed by atoms with Gasteiger partial charge in [0.25, 0.3) is 5.91 Å². The summed E-state index contributed by atoms with van der Waals surface area (Å²) in [5.41, 5.74) is 1.82. The average molecular weight is 430 g/mol. The summed E-state index contributed by atoms with van der Waals surface area (Å²) in [5.74, 6) is 0.326. The monoisotopic (exact) mass is 429 g/mol. The molecule has 1 fully saturated rings. The van der Waals surface area contributed by atoms with Gasteiger partial charge in [-0.25, -0.2) is 0 Å². The zero-order valence-corrected chi connectivity index (χ0v) is 18.1. The second-order valence-corrected chi connectivity index (χ2v) is 8.07. The number of nitrogens with one attached hydrogen (secondary N) is 2. The number of amides is 2. The number of aryl methyl sites for hydroxylation is 1. The molecule has 0 aliphatic carbocycles. The molecule has 2 N–H and O–H groups in total. The summed E-state index contributed by atoms with van der Waals surface area (Å²) in [5, 5.41) is 6.44. The van der Waals surface area contributed by atoms with Crippen LogP contribution in [0.5, 0.6) is 5.75 Å². The predicted octanol–water partition coefficient (Wildman–Crippen LogP) is 3.64. The fourth-order valence-electron chi connectivity index (χ4n) is 3.42. The number of para-hydroxylation sites is 1. The van der Waals surface area contributed by atoms with Gasteiger partial charge < -0.3 is 15.4 Å². The third kappa shape index (κ3) is 6.47. The van der Waals surface area contributed by atoms with Crippen LogP contribution in [0.2, 0.25) is 5.02 Å². The molecular formula is C23H28ClN3O3. The molecule has 30 heavy (non-hydrogen) atoms. The predicted molar refractivity (Wildman–Crippen MR) is 119 cm³/mol. The number of halogens is 1. The van der Waals surface area contributed by atoms with Crippen LogP contribution in [-0.4, -0.2) is 48.5 Å². The van der Waals surface area contributed by atoms with E-state index in [0.717, 1.165) is 37.2 Å². The number of hydrogen-bond acceptors (Lipinski definition) is 4. The Kier molecular flexibility index (Phi) is 7.71. The van der Waals surface area contributed by atoms with Gasteiger partial charge in [0.2, 0.25) is 5.91 Å². The van der Waals surface area contributed by atoms with Crippen LogP contribution in [0.1, 0.15) is 25.3 Å². The molecule has 6 nitrogen and oxygen atoms in total. The van der Waals surface area contributed by atoms with Crippen LogP contribution >= 0.6 is 11.6 Å². The van der Waals surface area contributed by atoms with Crippen molar-refractivity contribution in [3.63, 3.8) is 0 Å². The molecule has 0 spiro atoms. The van der Waals surface area contributed by atoms with Crippen LogP contribution in [0.25, 0.3) is 0 Å². The van der Waals surface area contributed by atoms with Gasteiger partial charge in [0, 0.05) is 24.8 Å².